The number of likely N-dealkylation sites (tertiary alicyclic amines) is 1. The van der Waals surface area contributed by atoms with Gasteiger partial charge >= 0.3 is 0 Å². The first-order valence-electron chi connectivity index (χ1n) is 9.58. The second-order valence-corrected chi connectivity index (χ2v) is 7.50. The van der Waals surface area contributed by atoms with Gasteiger partial charge in [-0.05, 0) is 43.0 Å². The third kappa shape index (κ3) is 3.69. The minimum atomic E-state index is -0.0728. The van der Waals surface area contributed by atoms with Gasteiger partial charge in [0.2, 0.25) is 5.88 Å². The molecule has 0 spiro atoms. The minimum Gasteiger partial charge on any atom is -0.474 e. The molecule has 0 bridgehead atoms. The lowest BCUT2D eigenvalue weighted by Crippen LogP contribution is -2.52. The van der Waals surface area contributed by atoms with Gasteiger partial charge in [0.15, 0.2) is 0 Å². The van der Waals surface area contributed by atoms with E-state index in [4.69, 9.17) is 14.7 Å². The van der Waals surface area contributed by atoms with Crippen molar-refractivity contribution in [3.05, 3.63) is 59.8 Å². The molecule has 0 radical (unpaired) electrons. The molecule has 1 aromatic heterocycles. The molecule has 3 atom stereocenters. The van der Waals surface area contributed by atoms with E-state index in [1.807, 2.05) is 37.4 Å². The summed E-state index contributed by atoms with van der Waals surface area (Å²) in [5.41, 5.74) is 1.86. The van der Waals surface area contributed by atoms with Crippen LogP contribution in [0, 0.1) is 11.3 Å². The maximum atomic E-state index is 8.99. The quantitative estimate of drug-likeness (QED) is 0.813. The van der Waals surface area contributed by atoms with Crippen molar-refractivity contribution in [1.82, 2.24) is 9.88 Å². The minimum absolute atomic E-state index is 0.0728. The number of benzene rings is 1. The molecule has 27 heavy (non-hydrogen) atoms. The molecule has 0 N–H and O–H groups in total. The molecular formula is C22H25N3O2. The smallest absolute Gasteiger partial charge is 0.213 e. The molecule has 5 heteroatoms. The van der Waals surface area contributed by atoms with E-state index in [1.54, 1.807) is 6.20 Å². The molecule has 5 nitrogen and oxygen atoms in total. The van der Waals surface area contributed by atoms with E-state index in [9.17, 15) is 0 Å². The van der Waals surface area contributed by atoms with Crippen LogP contribution in [0.2, 0.25) is 0 Å². The summed E-state index contributed by atoms with van der Waals surface area (Å²) in [4.78, 5) is 6.82. The summed E-state index contributed by atoms with van der Waals surface area (Å²) in [5.74, 6) is 0.698. The molecule has 0 amide bonds. The molecular weight excluding hydrogens is 338 g/mol. The Labute approximate surface area is 160 Å². The average molecular weight is 363 g/mol. The lowest BCUT2D eigenvalue weighted by molar-refractivity contribution is -0.0843. The molecule has 2 aliphatic rings. The number of aromatic nitrogens is 1. The monoisotopic (exact) mass is 363 g/mol. The molecule has 1 aliphatic heterocycles. The summed E-state index contributed by atoms with van der Waals surface area (Å²) in [6.45, 7) is 1.90. The Kier molecular flexibility index (Phi) is 5.11. The van der Waals surface area contributed by atoms with E-state index in [2.05, 4.69) is 28.1 Å². The average Bonchev–Trinajstić information content (AvgIpc) is 3.08. The predicted octanol–water partition coefficient (Wildman–Crippen LogP) is 3.54. The molecule has 1 saturated heterocycles. The topological polar surface area (TPSA) is 58.4 Å². The van der Waals surface area contributed by atoms with Crippen molar-refractivity contribution in [1.29, 1.82) is 5.26 Å². The van der Waals surface area contributed by atoms with Crippen LogP contribution in [-0.4, -0.2) is 41.3 Å². The van der Waals surface area contributed by atoms with E-state index >= 15 is 0 Å². The van der Waals surface area contributed by atoms with Crippen LogP contribution in [0.25, 0.3) is 0 Å². The number of rotatable bonds is 5. The lowest BCUT2D eigenvalue weighted by atomic mass is 9.79. The summed E-state index contributed by atoms with van der Waals surface area (Å²) >= 11 is 0. The van der Waals surface area contributed by atoms with Gasteiger partial charge in [-0.25, -0.2) is 4.98 Å². The lowest BCUT2D eigenvalue weighted by Gasteiger charge is -2.43. The number of hydrogen-bond acceptors (Lipinski definition) is 5. The third-order valence-electron chi connectivity index (χ3n) is 6.05. The van der Waals surface area contributed by atoms with Gasteiger partial charge in [0.25, 0.3) is 0 Å². The van der Waals surface area contributed by atoms with E-state index in [-0.39, 0.29) is 11.7 Å². The maximum Gasteiger partial charge on any atom is 0.213 e. The van der Waals surface area contributed by atoms with Crippen LogP contribution >= 0.6 is 0 Å². The first-order chi connectivity index (χ1) is 13.2. The van der Waals surface area contributed by atoms with Crippen molar-refractivity contribution in [2.75, 3.05) is 13.7 Å². The second-order valence-electron chi connectivity index (χ2n) is 7.50. The highest BCUT2D eigenvalue weighted by Gasteiger charge is 2.51. The zero-order chi connectivity index (χ0) is 18.7. The van der Waals surface area contributed by atoms with Gasteiger partial charge in [-0.1, -0.05) is 18.2 Å². The summed E-state index contributed by atoms with van der Waals surface area (Å²) in [6.07, 6.45) is 5.93. The second kappa shape index (κ2) is 7.67. The van der Waals surface area contributed by atoms with Gasteiger partial charge in [0.05, 0.1) is 17.2 Å². The summed E-state index contributed by atoms with van der Waals surface area (Å²) in [6, 6.07) is 16.2. The number of pyridine rings is 1. The van der Waals surface area contributed by atoms with Crippen LogP contribution in [0.3, 0.4) is 0 Å². The van der Waals surface area contributed by atoms with Gasteiger partial charge < -0.3 is 9.47 Å². The standard InChI is InChI=1S/C22H25N3O2/c1-26-22-10-9-19(27-21-4-2-3-12-24-21)14-20(22)25(13-11-22)16-18-7-5-17(15-23)6-8-18/h2-8,12,19-20H,9-11,13-14,16H2,1H3/t19?,20?,22-/m1/s1. The Morgan fingerprint density at radius 3 is 2.78 bits per heavy atom. The fraction of sp³-hybridized carbons (Fsp3) is 0.455. The number of ether oxygens (including phenoxy) is 2. The number of methoxy groups -OCH3 is 1. The van der Waals surface area contributed by atoms with E-state index in [0.717, 1.165) is 38.8 Å². The molecule has 2 fully saturated rings. The number of hydrogen-bond donors (Lipinski definition) is 0. The van der Waals surface area contributed by atoms with Gasteiger partial charge in [-0.15, -0.1) is 0 Å². The van der Waals surface area contributed by atoms with Crippen molar-refractivity contribution in [2.24, 2.45) is 0 Å². The number of nitrogens with zero attached hydrogens (tertiary/aromatic N) is 3. The zero-order valence-corrected chi connectivity index (χ0v) is 15.7. The van der Waals surface area contributed by atoms with Crippen molar-refractivity contribution < 1.29 is 9.47 Å². The number of fused-ring (bicyclic) bond motifs is 1. The molecule has 2 heterocycles. The van der Waals surface area contributed by atoms with Crippen molar-refractivity contribution >= 4 is 0 Å². The van der Waals surface area contributed by atoms with Crippen LogP contribution < -0.4 is 4.74 Å². The van der Waals surface area contributed by atoms with Crippen LogP contribution in [0.4, 0.5) is 0 Å². The van der Waals surface area contributed by atoms with Gasteiger partial charge in [-0.2, -0.15) is 5.26 Å². The first-order valence-corrected chi connectivity index (χ1v) is 9.58. The molecule has 1 aliphatic carbocycles. The van der Waals surface area contributed by atoms with E-state index < -0.39 is 0 Å². The Morgan fingerprint density at radius 1 is 1.22 bits per heavy atom. The Bertz CT molecular complexity index is 803. The van der Waals surface area contributed by atoms with Gasteiger partial charge in [-0.3, -0.25) is 4.90 Å². The largest absolute Gasteiger partial charge is 0.474 e. The van der Waals surface area contributed by atoms with E-state index in [0.29, 0.717) is 17.5 Å². The molecule has 1 aromatic carbocycles. The van der Waals surface area contributed by atoms with Crippen molar-refractivity contribution in [2.45, 2.75) is 50.0 Å². The molecule has 4 rings (SSSR count). The summed E-state index contributed by atoms with van der Waals surface area (Å²) in [5, 5.41) is 8.99. The first kappa shape index (κ1) is 18.0. The zero-order valence-electron chi connectivity index (χ0n) is 15.7. The van der Waals surface area contributed by atoms with Crippen LogP contribution in [0.5, 0.6) is 5.88 Å². The fourth-order valence-electron chi connectivity index (χ4n) is 4.56. The van der Waals surface area contributed by atoms with Crippen LogP contribution in [-0.2, 0) is 11.3 Å². The third-order valence-corrected chi connectivity index (χ3v) is 6.05. The van der Waals surface area contributed by atoms with Gasteiger partial charge in [0, 0.05) is 44.9 Å². The predicted molar refractivity (Wildman–Crippen MR) is 102 cm³/mol. The molecule has 140 valence electrons. The maximum absolute atomic E-state index is 8.99. The Hall–Kier alpha value is -2.42. The molecule has 1 saturated carbocycles. The van der Waals surface area contributed by atoms with Crippen molar-refractivity contribution in [3.8, 4) is 11.9 Å². The fourth-order valence-corrected chi connectivity index (χ4v) is 4.56. The normalized spacial score (nSPS) is 27.7. The molecule has 2 aromatic rings. The summed E-state index contributed by atoms with van der Waals surface area (Å²) in [7, 11) is 1.85. The summed E-state index contributed by atoms with van der Waals surface area (Å²) < 4.78 is 12.2. The highest BCUT2D eigenvalue weighted by Crippen LogP contribution is 2.43. The van der Waals surface area contributed by atoms with Crippen molar-refractivity contribution in [3.63, 3.8) is 0 Å². The number of nitriles is 1. The Balaban J connectivity index is 1.47. The van der Waals surface area contributed by atoms with Gasteiger partial charge in [0.1, 0.15) is 6.10 Å². The highest BCUT2D eigenvalue weighted by molar-refractivity contribution is 5.31. The SMILES string of the molecule is CO[C@@]12CCC(Oc3ccccn3)CC1N(Cc1ccc(C#N)cc1)CC2. The Morgan fingerprint density at radius 2 is 2.07 bits per heavy atom. The van der Waals surface area contributed by atoms with Crippen LogP contribution in [0.15, 0.2) is 48.7 Å². The molecule has 2 unspecified atom stereocenters. The van der Waals surface area contributed by atoms with E-state index in [1.165, 1.54) is 5.56 Å². The highest BCUT2D eigenvalue weighted by atomic mass is 16.5. The van der Waals surface area contributed by atoms with Crippen LogP contribution in [0.1, 0.15) is 36.8 Å².